The predicted octanol–water partition coefficient (Wildman–Crippen LogP) is 6.72. The van der Waals surface area contributed by atoms with Crippen LogP contribution in [0.1, 0.15) is 25.7 Å². The van der Waals surface area contributed by atoms with Crippen molar-refractivity contribution in [3.63, 3.8) is 0 Å². The highest BCUT2D eigenvalue weighted by Crippen LogP contribution is 2.34. The fourth-order valence-corrected chi connectivity index (χ4v) is 5.24. The molecule has 6 aromatic rings. The highest BCUT2D eigenvalue weighted by atomic mass is 32.1. The van der Waals surface area contributed by atoms with E-state index in [2.05, 4.69) is 16.0 Å². The lowest BCUT2D eigenvalue weighted by molar-refractivity contribution is 0.0990. The molecule has 0 saturated heterocycles. The molecule has 0 atom stereocenters. The molecule has 2 heterocycles. The van der Waals surface area contributed by atoms with E-state index >= 15 is 0 Å². The summed E-state index contributed by atoms with van der Waals surface area (Å²) >= 11 is 1.29. The molecular weight excluding hydrogens is 444 g/mol. The third-order valence-electron chi connectivity index (χ3n) is 6.12. The molecule has 2 aromatic heterocycles. The van der Waals surface area contributed by atoms with E-state index in [9.17, 15) is 9.59 Å². The first kappa shape index (κ1) is 19.1. The van der Waals surface area contributed by atoms with Gasteiger partial charge in [-0.3, -0.25) is 9.59 Å². The molecule has 1 aliphatic rings. The van der Waals surface area contributed by atoms with E-state index in [0.29, 0.717) is 32.6 Å². The van der Waals surface area contributed by atoms with Crippen molar-refractivity contribution in [2.24, 2.45) is 0 Å². The molecule has 7 rings (SSSR count). The smallest absolute Gasteiger partial charge is 0.259 e. The molecule has 1 aliphatic carbocycles. The maximum atomic E-state index is 13.0. The summed E-state index contributed by atoms with van der Waals surface area (Å²) in [5.41, 5.74) is 2.25. The van der Waals surface area contributed by atoms with Crippen LogP contribution in [0.3, 0.4) is 0 Å². The van der Waals surface area contributed by atoms with Gasteiger partial charge >= 0.3 is 0 Å². The van der Waals surface area contributed by atoms with Gasteiger partial charge in [-0.05, 0) is 51.9 Å². The summed E-state index contributed by atoms with van der Waals surface area (Å²) in [5, 5.41) is 4.62. The summed E-state index contributed by atoms with van der Waals surface area (Å²) in [5.74, 6) is -0.0596. The largest absolute Gasteiger partial charge is 0.417 e. The Balaban J connectivity index is 1.25. The first-order valence-corrected chi connectivity index (χ1v) is 11.6. The van der Waals surface area contributed by atoms with Crippen molar-refractivity contribution >= 4 is 61.1 Å². The van der Waals surface area contributed by atoms with Crippen LogP contribution in [0.5, 0.6) is 0 Å². The van der Waals surface area contributed by atoms with Crippen molar-refractivity contribution < 1.29 is 14.0 Å². The Hall–Kier alpha value is -4.42. The van der Waals surface area contributed by atoms with E-state index in [0.717, 1.165) is 27.1 Å². The molecule has 4 aromatic carbocycles. The maximum Gasteiger partial charge on any atom is 0.259 e. The number of aromatic nitrogens is 2. The Morgan fingerprint density at radius 3 is 1.97 bits per heavy atom. The third kappa shape index (κ3) is 2.86. The van der Waals surface area contributed by atoms with Gasteiger partial charge < -0.3 is 4.42 Å². The number of rotatable bonds is 2. The number of Topliss-reactive ketones (excluding diaryl/α,β-unsaturated/α-hetero) is 2. The van der Waals surface area contributed by atoms with Crippen LogP contribution in [-0.2, 0) is 0 Å². The molecule has 5 nitrogen and oxygen atoms in total. The van der Waals surface area contributed by atoms with Crippen LogP contribution in [0, 0.1) is 0 Å². The zero-order valence-corrected chi connectivity index (χ0v) is 18.4. The standard InChI is InChI=1S/C28H14N2O3S/c31-24-20-12-17-7-3-4-8-18(17)13-21(20)25(32)22(24)14-23-29-27-28(34-23)30-26(33-27)19-10-9-15-5-1-2-6-16(15)11-19/h1-14H. The van der Waals surface area contributed by atoms with E-state index in [1.807, 2.05) is 60.7 Å². The first-order valence-electron chi connectivity index (χ1n) is 10.7. The third-order valence-corrected chi connectivity index (χ3v) is 7.00. The van der Waals surface area contributed by atoms with Crippen molar-refractivity contribution in [1.29, 1.82) is 0 Å². The Kier molecular flexibility index (Phi) is 3.95. The molecule has 0 fully saturated rings. The molecule has 34 heavy (non-hydrogen) atoms. The number of hydrogen-bond acceptors (Lipinski definition) is 6. The Bertz CT molecular complexity index is 1770. The molecule has 0 bridgehead atoms. The van der Waals surface area contributed by atoms with Crippen molar-refractivity contribution in [3.05, 3.63) is 101 Å². The number of hydrogen-bond donors (Lipinski definition) is 0. The lowest BCUT2D eigenvalue weighted by Gasteiger charge is -2.00. The summed E-state index contributed by atoms with van der Waals surface area (Å²) in [6.07, 6.45) is 1.55. The molecule has 160 valence electrons. The van der Waals surface area contributed by atoms with Crippen molar-refractivity contribution in [1.82, 2.24) is 9.97 Å². The van der Waals surface area contributed by atoms with Gasteiger partial charge in [-0.15, -0.1) is 0 Å². The van der Waals surface area contributed by atoms with Crippen LogP contribution in [0.15, 0.2) is 88.9 Å². The van der Waals surface area contributed by atoms with Gasteiger partial charge in [-0.1, -0.05) is 65.9 Å². The fourth-order valence-electron chi connectivity index (χ4n) is 4.43. The predicted molar refractivity (Wildman–Crippen MR) is 133 cm³/mol. The second-order valence-electron chi connectivity index (χ2n) is 8.20. The monoisotopic (exact) mass is 458 g/mol. The van der Waals surface area contributed by atoms with Crippen LogP contribution < -0.4 is 0 Å². The minimum atomic E-state index is -0.276. The van der Waals surface area contributed by atoms with Crippen molar-refractivity contribution in [3.8, 4) is 11.5 Å². The molecule has 0 radical (unpaired) electrons. The average molecular weight is 458 g/mol. The number of allylic oxidation sites excluding steroid dienone is 1. The van der Waals surface area contributed by atoms with Crippen LogP contribution in [0.2, 0.25) is 0 Å². The van der Waals surface area contributed by atoms with E-state index < -0.39 is 0 Å². The summed E-state index contributed by atoms with van der Waals surface area (Å²) in [7, 11) is 0. The minimum Gasteiger partial charge on any atom is -0.417 e. The molecule has 0 amide bonds. The first-order chi connectivity index (χ1) is 16.6. The van der Waals surface area contributed by atoms with E-state index in [1.54, 1.807) is 18.2 Å². The van der Waals surface area contributed by atoms with Crippen LogP contribution in [0.4, 0.5) is 0 Å². The molecule has 0 N–H and O–H groups in total. The molecule has 0 aliphatic heterocycles. The van der Waals surface area contributed by atoms with Gasteiger partial charge in [0.05, 0.1) is 5.57 Å². The second-order valence-corrected chi connectivity index (χ2v) is 9.21. The van der Waals surface area contributed by atoms with Crippen LogP contribution in [0.25, 0.3) is 49.6 Å². The van der Waals surface area contributed by atoms with Crippen LogP contribution >= 0.6 is 11.3 Å². The van der Waals surface area contributed by atoms with Gasteiger partial charge in [0.1, 0.15) is 5.01 Å². The zero-order valence-electron chi connectivity index (χ0n) is 17.6. The van der Waals surface area contributed by atoms with E-state index in [1.165, 1.54) is 11.3 Å². The highest BCUT2D eigenvalue weighted by Gasteiger charge is 2.33. The van der Waals surface area contributed by atoms with Gasteiger partial charge in [0, 0.05) is 16.7 Å². The zero-order chi connectivity index (χ0) is 22.8. The number of fused-ring (bicyclic) bond motifs is 4. The minimum absolute atomic E-state index is 0.122. The summed E-state index contributed by atoms with van der Waals surface area (Å²) in [6, 6.07) is 25.4. The molecule has 0 saturated carbocycles. The summed E-state index contributed by atoms with van der Waals surface area (Å²) < 4.78 is 5.91. The quantitative estimate of drug-likeness (QED) is 0.213. The lowest BCUT2D eigenvalue weighted by atomic mass is 10.0. The lowest BCUT2D eigenvalue weighted by Crippen LogP contribution is -2.00. The number of thiazole rings is 1. The number of carbonyl (C=O) groups excluding carboxylic acids is 2. The molecule has 0 unspecified atom stereocenters. The SMILES string of the molecule is O=C1C(=Cc2nc3oc(-c4ccc5ccccc5c4)nc3s2)C(=O)c2cc3ccccc3cc21. The van der Waals surface area contributed by atoms with E-state index in [4.69, 9.17) is 4.42 Å². The van der Waals surface area contributed by atoms with Crippen LogP contribution in [-0.4, -0.2) is 21.5 Å². The molecular formula is C28H14N2O3S. The number of oxazole rings is 1. The number of carbonyl (C=O) groups is 2. The highest BCUT2D eigenvalue weighted by molar-refractivity contribution is 7.18. The van der Waals surface area contributed by atoms with Gasteiger partial charge in [0.25, 0.3) is 5.71 Å². The van der Waals surface area contributed by atoms with Gasteiger partial charge in [0.2, 0.25) is 5.89 Å². The summed E-state index contributed by atoms with van der Waals surface area (Å²) in [4.78, 5) is 35.7. The molecule has 6 heteroatoms. The normalized spacial score (nSPS) is 13.4. The Morgan fingerprint density at radius 2 is 1.32 bits per heavy atom. The maximum absolute atomic E-state index is 13.0. The summed E-state index contributed by atoms with van der Waals surface area (Å²) in [6.45, 7) is 0. The fraction of sp³-hybridized carbons (Fsp3) is 0. The van der Waals surface area contributed by atoms with Crippen molar-refractivity contribution in [2.75, 3.05) is 0 Å². The number of nitrogens with zero attached hydrogens (tertiary/aromatic N) is 2. The Labute approximate surface area is 197 Å². The van der Waals surface area contributed by atoms with Gasteiger partial charge in [-0.2, -0.15) is 9.97 Å². The number of benzene rings is 4. The van der Waals surface area contributed by atoms with E-state index in [-0.39, 0.29) is 17.1 Å². The van der Waals surface area contributed by atoms with Gasteiger partial charge in [0.15, 0.2) is 16.4 Å². The molecule has 0 spiro atoms. The van der Waals surface area contributed by atoms with Crippen molar-refractivity contribution in [2.45, 2.75) is 0 Å². The Morgan fingerprint density at radius 1 is 0.706 bits per heavy atom. The number of ketones is 2. The average Bonchev–Trinajstić information content (AvgIpc) is 3.50. The van der Waals surface area contributed by atoms with Gasteiger partial charge in [-0.25, -0.2) is 0 Å². The topological polar surface area (TPSA) is 73.1 Å². The second kappa shape index (κ2) is 7.04.